The van der Waals surface area contributed by atoms with Gasteiger partial charge >= 0.3 is 0 Å². The summed E-state index contributed by atoms with van der Waals surface area (Å²) in [7, 11) is 0. The first kappa shape index (κ1) is 14.7. The summed E-state index contributed by atoms with van der Waals surface area (Å²) < 4.78 is 4.79. The van der Waals surface area contributed by atoms with Gasteiger partial charge in [0.15, 0.2) is 5.82 Å². The number of halogens is 1. The van der Waals surface area contributed by atoms with Crippen molar-refractivity contribution >= 4 is 28.8 Å². The molecule has 0 aliphatic carbocycles. The zero-order valence-corrected chi connectivity index (χ0v) is 13.1. The Morgan fingerprint density at radius 1 is 1.32 bits per heavy atom. The molecule has 0 saturated carbocycles. The first-order valence-corrected chi connectivity index (χ1v) is 7.63. The van der Waals surface area contributed by atoms with Crippen LogP contribution in [-0.2, 0) is 0 Å². The Balaban J connectivity index is 1.91. The van der Waals surface area contributed by atoms with Gasteiger partial charge in [0, 0.05) is 5.02 Å². The van der Waals surface area contributed by atoms with Gasteiger partial charge < -0.3 is 9.84 Å². The van der Waals surface area contributed by atoms with Gasteiger partial charge in [-0.25, -0.2) is 4.98 Å². The molecule has 8 heteroatoms. The molecule has 1 amide bonds. The van der Waals surface area contributed by atoms with Crippen molar-refractivity contribution < 1.29 is 9.32 Å². The fourth-order valence-electron chi connectivity index (χ4n) is 1.97. The number of hydrogen-bond donors (Lipinski definition) is 1. The van der Waals surface area contributed by atoms with Crippen molar-refractivity contribution in [1.82, 2.24) is 20.4 Å². The maximum absolute atomic E-state index is 12.4. The summed E-state index contributed by atoms with van der Waals surface area (Å²) in [6.07, 6.45) is 1.22. The Hall–Kier alpha value is -2.25. The lowest BCUT2D eigenvalue weighted by Crippen LogP contribution is -2.30. The van der Waals surface area contributed by atoms with Gasteiger partial charge in [-0.15, -0.1) is 11.3 Å². The number of nitrogens with zero attached hydrogens (tertiary/aromatic N) is 3. The Kier molecular flexibility index (Phi) is 4.17. The SMILES string of the molecule is Cc1ncsc1C(=O)NC(c1ccc(Cl)cc1)c1ncon1. The number of hydrogen-bond acceptors (Lipinski definition) is 6. The molecule has 3 aromatic rings. The van der Waals surface area contributed by atoms with Crippen molar-refractivity contribution in [2.24, 2.45) is 0 Å². The molecule has 22 heavy (non-hydrogen) atoms. The molecule has 0 aliphatic heterocycles. The predicted molar refractivity (Wildman–Crippen MR) is 81.9 cm³/mol. The van der Waals surface area contributed by atoms with E-state index in [1.165, 1.54) is 17.7 Å². The number of nitrogens with one attached hydrogen (secondary N) is 1. The van der Waals surface area contributed by atoms with Crippen LogP contribution in [0.15, 0.2) is 40.7 Å². The van der Waals surface area contributed by atoms with Crippen molar-refractivity contribution in [2.75, 3.05) is 0 Å². The number of aromatic nitrogens is 3. The fourth-order valence-corrected chi connectivity index (χ4v) is 2.81. The molecule has 1 atom stereocenters. The molecule has 1 N–H and O–H groups in total. The number of carbonyl (C=O) groups is 1. The van der Waals surface area contributed by atoms with Gasteiger partial charge in [0.25, 0.3) is 5.91 Å². The Labute approximate surface area is 135 Å². The Morgan fingerprint density at radius 2 is 2.09 bits per heavy atom. The molecular weight excluding hydrogens is 324 g/mol. The highest BCUT2D eigenvalue weighted by atomic mass is 35.5. The molecule has 3 rings (SSSR count). The van der Waals surface area contributed by atoms with Crippen LogP contribution in [0, 0.1) is 6.92 Å². The molecule has 1 unspecified atom stereocenters. The quantitative estimate of drug-likeness (QED) is 0.793. The lowest BCUT2D eigenvalue weighted by molar-refractivity contribution is 0.0944. The van der Waals surface area contributed by atoms with Gasteiger partial charge in [0.1, 0.15) is 10.9 Å². The maximum Gasteiger partial charge on any atom is 0.264 e. The van der Waals surface area contributed by atoms with E-state index >= 15 is 0 Å². The summed E-state index contributed by atoms with van der Waals surface area (Å²) in [6.45, 7) is 1.79. The molecule has 0 fully saturated rings. The van der Waals surface area contributed by atoms with Gasteiger partial charge in [-0.1, -0.05) is 28.9 Å². The maximum atomic E-state index is 12.4. The van der Waals surface area contributed by atoms with Crippen molar-refractivity contribution in [1.29, 1.82) is 0 Å². The first-order valence-electron chi connectivity index (χ1n) is 6.38. The summed E-state index contributed by atoms with van der Waals surface area (Å²) in [5.41, 5.74) is 3.13. The van der Waals surface area contributed by atoms with E-state index in [2.05, 4.69) is 20.4 Å². The summed E-state index contributed by atoms with van der Waals surface area (Å²) in [5.74, 6) is 0.141. The number of thiazole rings is 1. The highest BCUT2D eigenvalue weighted by molar-refractivity contribution is 7.11. The minimum Gasteiger partial charge on any atom is -0.343 e. The highest BCUT2D eigenvalue weighted by Gasteiger charge is 2.23. The van der Waals surface area contributed by atoms with Crippen LogP contribution in [-0.4, -0.2) is 21.0 Å². The summed E-state index contributed by atoms with van der Waals surface area (Å²) in [4.78, 5) is 21.1. The smallest absolute Gasteiger partial charge is 0.264 e. The van der Waals surface area contributed by atoms with Gasteiger partial charge in [-0.3, -0.25) is 4.79 Å². The van der Waals surface area contributed by atoms with Crippen LogP contribution in [0.1, 0.15) is 32.8 Å². The van der Waals surface area contributed by atoms with E-state index in [4.69, 9.17) is 16.1 Å². The standard InChI is InChI=1S/C14H11ClN4O2S/c1-8-12(22-7-17-8)14(20)18-11(13-16-6-21-19-13)9-2-4-10(15)5-3-9/h2-7,11H,1H3,(H,18,20). The second-order valence-electron chi connectivity index (χ2n) is 4.51. The van der Waals surface area contributed by atoms with Crippen molar-refractivity contribution in [2.45, 2.75) is 13.0 Å². The van der Waals surface area contributed by atoms with Crippen molar-refractivity contribution in [3.8, 4) is 0 Å². The molecule has 0 spiro atoms. The topological polar surface area (TPSA) is 80.9 Å². The second-order valence-corrected chi connectivity index (χ2v) is 5.81. The van der Waals surface area contributed by atoms with Gasteiger partial charge in [0.05, 0.1) is 11.2 Å². The minimum absolute atomic E-state index is 0.232. The van der Waals surface area contributed by atoms with Crippen LogP contribution in [0.3, 0.4) is 0 Å². The largest absolute Gasteiger partial charge is 0.343 e. The van der Waals surface area contributed by atoms with E-state index in [1.807, 2.05) is 12.1 Å². The monoisotopic (exact) mass is 334 g/mol. The lowest BCUT2D eigenvalue weighted by Gasteiger charge is -2.15. The van der Waals surface area contributed by atoms with Gasteiger partial charge in [0.2, 0.25) is 6.39 Å². The number of aryl methyl sites for hydroxylation is 1. The van der Waals surface area contributed by atoms with Gasteiger partial charge in [-0.2, -0.15) is 4.98 Å². The molecule has 2 aromatic heterocycles. The molecule has 0 saturated heterocycles. The van der Waals surface area contributed by atoms with Crippen molar-refractivity contribution in [3.63, 3.8) is 0 Å². The number of rotatable bonds is 4. The third-order valence-electron chi connectivity index (χ3n) is 3.07. The van der Waals surface area contributed by atoms with Gasteiger partial charge in [-0.05, 0) is 24.6 Å². The average molecular weight is 335 g/mol. The average Bonchev–Trinajstić information content (AvgIpc) is 3.17. The van der Waals surface area contributed by atoms with Crippen LogP contribution < -0.4 is 5.32 Å². The molecule has 2 heterocycles. The van der Waals surface area contributed by atoms with Crippen LogP contribution in [0.25, 0.3) is 0 Å². The first-order chi connectivity index (χ1) is 10.6. The molecule has 6 nitrogen and oxygen atoms in total. The summed E-state index contributed by atoms with van der Waals surface area (Å²) in [5, 5.41) is 7.34. The molecule has 1 aromatic carbocycles. The Bertz CT molecular complexity index is 771. The molecular formula is C14H11ClN4O2S. The number of carbonyl (C=O) groups excluding carboxylic acids is 1. The third-order valence-corrected chi connectivity index (χ3v) is 4.25. The second kappa shape index (κ2) is 6.25. The van der Waals surface area contributed by atoms with Crippen LogP contribution >= 0.6 is 22.9 Å². The van der Waals surface area contributed by atoms with Crippen LogP contribution in [0.4, 0.5) is 0 Å². The van der Waals surface area contributed by atoms with Crippen LogP contribution in [0.2, 0.25) is 5.02 Å². The Morgan fingerprint density at radius 3 is 2.68 bits per heavy atom. The van der Waals surface area contributed by atoms with E-state index in [-0.39, 0.29) is 5.91 Å². The molecule has 0 radical (unpaired) electrons. The van der Waals surface area contributed by atoms with E-state index in [9.17, 15) is 4.79 Å². The fraction of sp³-hybridized carbons (Fsp3) is 0.143. The highest BCUT2D eigenvalue weighted by Crippen LogP contribution is 2.22. The predicted octanol–water partition coefficient (Wildman–Crippen LogP) is 3.01. The zero-order valence-electron chi connectivity index (χ0n) is 11.5. The van der Waals surface area contributed by atoms with Crippen LogP contribution in [0.5, 0.6) is 0 Å². The third kappa shape index (κ3) is 3.00. The normalized spacial score (nSPS) is 12.1. The number of amides is 1. The lowest BCUT2D eigenvalue weighted by atomic mass is 10.1. The number of benzene rings is 1. The van der Waals surface area contributed by atoms with E-state index in [0.717, 1.165) is 5.56 Å². The summed E-state index contributed by atoms with van der Waals surface area (Å²) in [6, 6.07) is 6.58. The van der Waals surface area contributed by atoms with E-state index < -0.39 is 6.04 Å². The van der Waals surface area contributed by atoms with Crippen molar-refractivity contribution in [3.05, 3.63) is 63.2 Å². The molecule has 112 valence electrons. The zero-order chi connectivity index (χ0) is 15.5. The van der Waals surface area contributed by atoms with E-state index in [0.29, 0.717) is 21.4 Å². The minimum atomic E-state index is -0.523. The summed E-state index contributed by atoms with van der Waals surface area (Å²) >= 11 is 7.19. The molecule has 0 bridgehead atoms. The van der Waals surface area contributed by atoms with E-state index in [1.54, 1.807) is 24.6 Å². The molecule has 0 aliphatic rings.